The second kappa shape index (κ2) is 4.73. The standard InChI is InChI=1S/C10H13ClFNO/c1-6-4-7(9(14)2-3-13)5-8(12)10(6)11/h4-5,9,14H,2-3,13H2,1H3/t9-/m1/s1. The van der Waals surface area contributed by atoms with E-state index >= 15 is 0 Å². The SMILES string of the molecule is Cc1cc([C@H](O)CCN)cc(F)c1Cl. The van der Waals surface area contributed by atoms with Crippen molar-refractivity contribution in [3.63, 3.8) is 0 Å². The van der Waals surface area contributed by atoms with Crippen LogP contribution in [0.4, 0.5) is 4.39 Å². The number of hydrogen-bond acceptors (Lipinski definition) is 2. The zero-order valence-corrected chi connectivity index (χ0v) is 8.68. The number of aliphatic hydroxyl groups is 1. The molecule has 78 valence electrons. The van der Waals surface area contributed by atoms with Crippen molar-refractivity contribution in [2.24, 2.45) is 5.73 Å². The molecule has 0 fully saturated rings. The predicted molar refractivity (Wildman–Crippen MR) is 54.8 cm³/mol. The van der Waals surface area contributed by atoms with Crippen LogP contribution in [0.2, 0.25) is 5.02 Å². The van der Waals surface area contributed by atoms with Gasteiger partial charge in [-0.1, -0.05) is 17.7 Å². The molecule has 0 radical (unpaired) electrons. The van der Waals surface area contributed by atoms with Crippen molar-refractivity contribution in [3.8, 4) is 0 Å². The van der Waals surface area contributed by atoms with Crippen LogP contribution in [-0.4, -0.2) is 11.7 Å². The molecule has 1 aromatic rings. The van der Waals surface area contributed by atoms with Crippen molar-refractivity contribution in [2.45, 2.75) is 19.4 Å². The highest BCUT2D eigenvalue weighted by Gasteiger charge is 2.11. The molecule has 0 aliphatic rings. The van der Waals surface area contributed by atoms with Gasteiger partial charge in [-0.2, -0.15) is 0 Å². The molecule has 4 heteroatoms. The minimum atomic E-state index is -0.717. The lowest BCUT2D eigenvalue weighted by atomic mass is 10.0. The first-order valence-corrected chi connectivity index (χ1v) is 4.77. The summed E-state index contributed by atoms with van der Waals surface area (Å²) >= 11 is 5.65. The second-order valence-corrected chi connectivity index (χ2v) is 3.60. The molecule has 0 saturated heterocycles. The Hall–Kier alpha value is -0.640. The van der Waals surface area contributed by atoms with Crippen molar-refractivity contribution < 1.29 is 9.50 Å². The van der Waals surface area contributed by atoms with Gasteiger partial charge in [0.25, 0.3) is 0 Å². The van der Waals surface area contributed by atoms with E-state index in [1.54, 1.807) is 13.0 Å². The van der Waals surface area contributed by atoms with Crippen LogP contribution in [0.3, 0.4) is 0 Å². The van der Waals surface area contributed by atoms with Crippen LogP contribution in [0.1, 0.15) is 23.7 Å². The first-order valence-electron chi connectivity index (χ1n) is 4.40. The van der Waals surface area contributed by atoms with Crippen molar-refractivity contribution in [2.75, 3.05) is 6.54 Å². The first kappa shape index (κ1) is 11.4. The highest BCUT2D eigenvalue weighted by Crippen LogP contribution is 2.25. The van der Waals surface area contributed by atoms with Gasteiger partial charge in [-0.25, -0.2) is 4.39 Å². The maximum absolute atomic E-state index is 13.2. The van der Waals surface area contributed by atoms with E-state index in [2.05, 4.69) is 0 Å². The van der Waals surface area contributed by atoms with Gasteiger partial charge in [-0.05, 0) is 37.1 Å². The van der Waals surface area contributed by atoms with E-state index in [4.69, 9.17) is 17.3 Å². The molecule has 0 bridgehead atoms. The fraction of sp³-hybridized carbons (Fsp3) is 0.400. The minimum Gasteiger partial charge on any atom is -0.388 e. The van der Waals surface area contributed by atoms with Crippen molar-refractivity contribution in [1.29, 1.82) is 0 Å². The van der Waals surface area contributed by atoms with Crippen LogP contribution in [0, 0.1) is 12.7 Å². The molecule has 0 aliphatic carbocycles. The molecule has 2 nitrogen and oxygen atoms in total. The van der Waals surface area contributed by atoms with Crippen LogP contribution < -0.4 is 5.73 Å². The third-order valence-electron chi connectivity index (χ3n) is 2.06. The van der Waals surface area contributed by atoms with Crippen LogP contribution in [0.5, 0.6) is 0 Å². The molecule has 0 unspecified atom stereocenters. The van der Waals surface area contributed by atoms with E-state index < -0.39 is 11.9 Å². The normalized spacial score (nSPS) is 12.9. The summed E-state index contributed by atoms with van der Waals surface area (Å²) in [5.74, 6) is -0.502. The molecule has 14 heavy (non-hydrogen) atoms. The van der Waals surface area contributed by atoms with Crippen molar-refractivity contribution >= 4 is 11.6 Å². The Morgan fingerprint density at radius 2 is 2.21 bits per heavy atom. The average molecular weight is 218 g/mol. The largest absolute Gasteiger partial charge is 0.388 e. The van der Waals surface area contributed by atoms with Gasteiger partial charge in [0, 0.05) is 0 Å². The quantitative estimate of drug-likeness (QED) is 0.815. The Balaban J connectivity index is 3.00. The molecule has 0 heterocycles. The fourth-order valence-corrected chi connectivity index (χ4v) is 1.38. The van der Waals surface area contributed by atoms with Crippen LogP contribution in [-0.2, 0) is 0 Å². The lowest BCUT2D eigenvalue weighted by molar-refractivity contribution is 0.170. The molecule has 0 amide bonds. The van der Waals surface area contributed by atoms with E-state index in [-0.39, 0.29) is 5.02 Å². The summed E-state index contributed by atoms with van der Waals surface area (Å²) in [6.07, 6.45) is -0.300. The molecule has 0 aromatic heterocycles. The topological polar surface area (TPSA) is 46.2 Å². The fourth-order valence-electron chi connectivity index (χ4n) is 1.27. The van der Waals surface area contributed by atoms with Gasteiger partial charge < -0.3 is 10.8 Å². The molecule has 3 N–H and O–H groups in total. The van der Waals surface area contributed by atoms with E-state index in [1.165, 1.54) is 6.07 Å². The number of nitrogens with two attached hydrogens (primary N) is 1. The minimum absolute atomic E-state index is 0.105. The second-order valence-electron chi connectivity index (χ2n) is 3.23. The summed E-state index contributed by atoms with van der Waals surface area (Å²) in [6, 6.07) is 2.92. The van der Waals surface area contributed by atoms with Crippen LogP contribution >= 0.6 is 11.6 Å². The Bertz CT molecular complexity index is 307. The predicted octanol–water partition coefficient (Wildman–Crippen LogP) is 2.17. The molecule has 0 saturated carbocycles. The van der Waals surface area contributed by atoms with E-state index in [9.17, 15) is 9.50 Å². The lowest BCUT2D eigenvalue weighted by Crippen LogP contribution is -2.07. The van der Waals surface area contributed by atoms with Gasteiger partial charge in [0.15, 0.2) is 0 Å². The number of aryl methyl sites for hydroxylation is 1. The number of halogens is 2. The molecular formula is C10H13ClFNO. The summed E-state index contributed by atoms with van der Waals surface area (Å²) < 4.78 is 13.2. The molecule has 1 rings (SSSR count). The first-order chi connectivity index (χ1) is 6.56. The summed E-state index contributed by atoms with van der Waals surface area (Å²) in [7, 11) is 0. The van der Waals surface area contributed by atoms with Gasteiger partial charge in [-0.15, -0.1) is 0 Å². The smallest absolute Gasteiger partial charge is 0.142 e. The molecular weight excluding hydrogens is 205 g/mol. The zero-order valence-electron chi connectivity index (χ0n) is 7.93. The number of benzene rings is 1. The maximum atomic E-state index is 13.2. The van der Waals surface area contributed by atoms with Crippen molar-refractivity contribution in [1.82, 2.24) is 0 Å². The lowest BCUT2D eigenvalue weighted by Gasteiger charge is -2.11. The van der Waals surface area contributed by atoms with E-state index in [1.807, 2.05) is 0 Å². The Kier molecular flexibility index (Phi) is 3.86. The zero-order chi connectivity index (χ0) is 10.7. The summed E-state index contributed by atoms with van der Waals surface area (Å²) in [4.78, 5) is 0. The maximum Gasteiger partial charge on any atom is 0.142 e. The van der Waals surface area contributed by atoms with Crippen molar-refractivity contribution in [3.05, 3.63) is 34.1 Å². The number of aliphatic hydroxyl groups excluding tert-OH is 1. The Morgan fingerprint density at radius 1 is 1.57 bits per heavy atom. The highest BCUT2D eigenvalue weighted by molar-refractivity contribution is 6.31. The van der Waals surface area contributed by atoms with Crippen LogP contribution in [0.25, 0.3) is 0 Å². The molecule has 1 aromatic carbocycles. The Labute approximate surface area is 87.5 Å². The Morgan fingerprint density at radius 3 is 2.71 bits per heavy atom. The van der Waals surface area contributed by atoms with Gasteiger partial charge in [0.1, 0.15) is 5.82 Å². The molecule has 0 spiro atoms. The monoisotopic (exact) mass is 217 g/mol. The van der Waals surface area contributed by atoms with Gasteiger partial charge in [0.05, 0.1) is 11.1 Å². The average Bonchev–Trinajstić information content (AvgIpc) is 2.13. The van der Waals surface area contributed by atoms with Gasteiger partial charge in [0.2, 0.25) is 0 Å². The summed E-state index contributed by atoms with van der Waals surface area (Å²) in [5.41, 5.74) is 6.44. The third-order valence-corrected chi connectivity index (χ3v) is 2.54. The third kappa shape index (κ3) is 2.44. The molecule has 1 atom stereocenters. The number of rotatable bonds is 3. The molecule has 0 aliphatic heterocycles. The summed E-state index contributed by atoms with van der Waals surface area (Å²) in [6.45, 7) is 2.06. The summed E-state index contributed by atoms with van der Waals surface area (Å²) in [5, 5.41) is 9.68. The van der Waals surface area contributed by atoms with E-state index in [0.29, 0.717) is 24.1 Å². The number of hydrogen-bond donors (Lipinski definition) is 2. The van der Waals surface area contributed by atoms with E-state index in [0.717, 1.165) is 0 Å². The van der Waals surface area contributed by atoms with Gasteiger partial charge in [-0.3, -0.25) is 0 Å². The highest BCUT2D eigenvalue weighted by atomic mass is 35.5. The van der Waals surface area contributed by atoms with Crippen LogP contribution in [0.15, 0.2) is 12.1 Å². The van der Waals surface area contributed by atoms with Gasteiger partial charge >= 0.3 is 0 Å².